The molecule has 150 valence electrons. The number of nitrogens with zero attached hydrogens (tertiary/aromatic N) is 3. The van der Waals surface area contributed by atoms with E-state index in [1.54, 1.807) is 14.0 Å². The summed E-state index contributed by atoms with van der Waals surface area (Å²) >= 11 is 0. The van der Waals surface area contributed by atoms with E-state index in [0.717, 1.165) is 51.0 Å². The van der Waals surface area contributed by atoms with Crippen LogP contribution in [0.4, 0.5) is 0 Å². The van der Waals surface area contributed by atoms with Crippen molar-refractivity contribution < 1.29 is 9.53 Å². The molecule has 1 aliphatic heterocycles. The van der Waals surface area contributed by atoms with Crippen molar-refractivity contribution in [3.63, 3.8) is 0 Å². The number of ether oxygens (including phenoxy) is 1. The van der Waals surface area contributed by atoms with Crippen molar-refractivity contribution in [3.05, 3.63) is 29.8 Å². The quantitative estimate of drug-likeness (QED) is 0.552. The number of piperazine rings is 1. The van der Waals surface area contributed by atoms with Crippen LogP contribution in [-0.4, -0.2) is 80.6 Å². The fourth-order valence-electron chi connectivity index (χ4n) is 3.04. The van der Waals surface area contributed by atoms with Gasteiger partial charge < -0.3 is 20.3 Å². The van der Waals surface area contributed by atoms with Crippen molar-refractivity contribution in [2.75, 3.05) is 52.9 Å². The van der Waals surface area contributed by atoms with Crippen LogP contribution >= 0.6 is 0 Å². The molecule has 27 heavy (non-hydrogen) atoms. The zero-order valence-corrected chi connectivity index (χ0v) is 17.0. The lowest BCUT2D eigenvalue weighted by Gasteiger charge is -2.34. The first-order valence-corrected chi connectivity index (χ1v) is 9.63. The number of aryl methyl sites for hydroxylation is 1. The van der Waals surface area contributed by atoms with Gasteiger partial charge in [-0.15, -0.1) is 0 Å². The molecule has 2 rings (SSSR count). The van der Waals surface area contributed by atoms with E-state index >= 15 is 0 Å². The van der Waals surface area contributed by atoms with E-state index in [-0.39, 0.29) is 12.0 Å². The van der Waals surface area contributed by atoms with E-state index in [1.807, 2.05) is 30.0 Å². The second-order valence-electron chi connectivity index (χ2n) is 6.97. The Morgan fingerprint density at radius 1 is 1.26 bits per heavy atom. The molecule has 0 aromatic heterocycles. The van der Waals surface area contributed by atoms with Gasteiger partial charge in [0, 0.05) is 53.2 Å². The van der Waals surface area contributed by atoms with Gasteiger partial charge in [0.1, 0.15) is 11.9 Å². The lowest BCUT2D eigenvalue weighted by molar-refractivity contribution is -0.130. The zero-order valence-electron chi connectivity index (χ0n) is 17.0. The fraction of sp³-hybridized carbons (Fsp3) is 0.600. The smallest absolute Gasteiger partial charge is 0.219 e. The summed E-state index contributed by atoms with van der Waals surface area (Å²) in [4.78, 5) is 19.9. The Morgan fingerprint density at radius 2 is 2.00 bits per heavy atom. The van der Waals surface area contributed by atoms with Gasteiger partial charge in [0.05, 0.1) is 6.54 Å². The molecule has 1 amide bonds. The lowest BCUT2D eigenvalue weighted by Crippen LogP contribution is -2.50. The molecule has 2 N–H and O–H groups in total. The monoisotopic (exact) mass is 375 g/mol. The Kier molecular flexibility index (Phi) is 8.39. The van der Waals surface area contributed by atoms with Gasteiger partial charge in [0.15, 0.2) is 5.96 Å². The molecule has 0 radical (unpaired) electrons. The van der Waals surface area contributed by atoms with Gasteiger partial charge in [-0.05, 0) is 31.5 Å². The fourth-order valence-corrected chi connectivity index (χ4v) is 3.04. The largest absolute Gasteiger partial charge is 0.489 e. The second-order valence-corrected chi connectivity index (χ2v) is 6.97. The number of benzene rings is 1. The molecule has 7 nitrogen and oxygen atoms in total. The number of carbonyl (C=O) groups excluding carboxylic acids is 1. The Labute approximate surface area is 162 Å². The van der Waals surface area contributed by atoms with Crippen LogP contribution in [0.15, 0.2) is 29.3 Å². The number of rotatable bonds is 7. The van der Waals surface area contributed by atoms with Crippen LogP contribution in [0, 0.1) is 6.92 Å². The molecular weight excluding hydrogens is 342 g/mol. The Bertz CT molecular complexity index is 627. The van der Waals surface area contributed by atoms with Crippen molar-refractivity contribution >= 4 is 11.9 Å². The zero-order chi connectivity index (χ0) is 19.6. The molecule has 1 atom stereocenters. The standard InChI is InChI=1S/C20H33N5O2/c1-16-6-5-7-19(14-16)27-17(2)15-23-20(21-4)22-8-9-24-10-12-25(13-11-24)18(3)26/h5-7,14,17H,8-13,15H2,1-4H3,(H2,21,22,23). The molecule has 0 spiro atoms. The average molecular weight is 376 g/mol. The third-order valence-electron chi connectivity index (χ3n) is 4.65. The molecule has 0 saturated carbocycles. The van der Waals surface area contributed by atoms with Crippen LogP contribution in [-0.2, 0) is 4.79 Å². The highest BCUT2D eigenvalue weighted by atomic mass is 16.5. The van der Waals surface area contributed by atoms with Gasteiger partial charge >= 0.3 is 0 Å². The van der Waals surface area contributed by atoms with Crippen molar-refractivity contribution in [2.45, 2.75) is 26.9 Å². The summed E-state index contributed by atoms with van der Waals surface area (Å²) in [7, 11) is 1.77. The van der Waals surface area contributed by atoms with Crippen LogP contribution in [0.2, 0.25) is 0 Å². The van der Waals surface area contributed by atoms with E-state index in [9.17, 15) is 4.79 Å². The molecule has 1 heterocycles. The van der Waals surface area contributed by atoms with Gasteiger partial charge in [-0.2, -0.15) is 0 Å². The Morgan fingerprint density at radius 3 is 2.63 bits per heavy atom. The summed E-state index contributed by atoms with van der Waals surface area (Å²) in [5, 5.41) is 6.65. The number of guanidine groups is 1. The van der Waals surface area contributed by atoms with Gasteiger partial charge in [0.2, 0.25) is 5.91 Å². The first-order chi connectivity index (χ1) is 13.0. The van der Waals surface area contributed by atoms with Gasteiger partial charge in [-0.3, -0.25) is 14.7 Å². The molecule has 1 aromatic rings. The minimum absolute atomic E-state index is 0.0324. The third-order valence-corrected chi connectivity index (χ3v) is 4.65. The molecule has 1 fully saturated rings. The SMILES string of the molecule is CN=C(NCCN1CCN(C(C)=O)CC1)NCC(C)Oc1cccc(C)c1. The van der Waals surface area contributed by atoms with E-state index in [0.29, 0.717) is 6.54 Å². The predicted octanol–water partition coefficient (Wildman–Crippen LogP) is 1.09. The Hall–Kier alpha value is -2.28. The summed E-state index contributed by atoms with van der Waals surface area (Å²) < 4.78 is 5.93. The molecule has 7 heteroatoms. The lowest BCUT2D eigenvalue weighted by atomic mass is 10.2. The van der Waals surface area contributed by atoms with Crippen molar-refractivity contribution in [1.82, 2.24) is 20.4 Å². The summed E-state index contributed by atoms with van der Waals surface area (Å²) in [6, 6.07) is 8.07. The van der Waals surface area contributed by atoms with E-state index in [2.05, 4.69) is 33.5 Å². The summed E-state index contributed by atoms with van der Waals surface area (Å²) in [5.74, 6) is 1.83. The molecule has 1 saturated heterocycles. The van der Waals surface area contributed by atoms with Gasteiger partial charge in [-0.25, -0.2) is 0 Å². The number of nitrogens with one attached hydrogen (secondary N) is 2. The predicted molar refractivity (Wildman–Crippen MR) is 109 cm³/mol. The van der Waals surface area contributed by atoms with Gasteiger partial charge in [0.25, 0.3) is 0 Å². The number of carbonyl (C=O) groups is 1. The Balaban J connectivity index is 1.63. The average Bonchev–Trinajstić information content (AvgIpc) is 2.65. The third kappa shape index (κ3) is 7.46. The minimum Gasteiger partial charge on any atom is -0.489 e. The number of amides is 1. The maximum absolute atomic E-state index is 11.4. The van der Waals surface area contributed by atoms with Crippen molar-refractivity contribution in [1.29, 1.82) is 0 Å². The normalized spacial score (nSPS) is 16.7. The van der Waals surface area contributed by atoms with Gasteiger partial charge in [-0.1, -0.05) is 12.1 Å². The first kappa shape index (κ1) is 21.0. The molecular formula is C20H33N5O2. The minimum atomic E-state index is 0.0324. The molecule has 1 aliphatic rings. The number of hydrogen-bond acceptors (Lipinski definition) is 4. The first-order valence-electron chi connectivity index (χ1n) is 9.63. The maximum atomic E-state index is 11.4. The maximum Gasteiger partial charge on any atom is 0.219 e. The molecule has 1 aromatic carbocycles. The topological polar surface area (TPSA) is 69.2 Å². The molecule has 0 aliphatic carbocycles. The van der Waals surface area contributed by atoms with Crippen LogP contribution in [0.25, 0.3) is 0 Å². The highest BCUT2D eigenvalue weighted by Gasteiger charge is 2.18. The van der Waals surface area contributed by atoms with E-state index in [4.69, 9.17) is 4.74 Å². The van der Waals surface area contributed by atoms with E-state index in [1.165, 1.54) is 5.56 Å². The van der Waals surface area contributed by atoms with Crippen LogP contribution in [0.5, 0.6) is 5.75 Å². The van der Waals surface area contributed by atoms with E-state index < -0.39 is 0 Å². The molecule has 1 unspecified atom stereocenters. The molecule has 0 bridgehead atoms. The van der Waals surface area contributed by atoms with Crippen molar-refractivity contribution in [2.24, 2.45) is 4.99 Å². The summed E-state index contributed by atoms with van der Waals surface area (Å²) in [5.41, 5.74) is 1.19. The number of aliphatic imine (C=N–C) groups is 1. The second kappa shape index (κ2) is 10.8. The van der Waals surface area contributed by atoms with Crippen LogP contribution in [0.3, 0.4) is 0 Å². The van der Waals surface area contributed by atoms with Crippen molar-refractivity contribution in [3.8, 4) is 5.75 Å². The van der Waals surface area contributed by atoms with Crippen LogP contribution in [0.1, 0.15) is 19.4 Å². The number of hydrogen-bond donors (Lipinski definition) is 2. The summed E-state index contributed by atoms with van der Waals surface area (Å²) in [6.07, 6.45) is 0.0324. The highest BCUT2D eigenvalue weighted by molar-refractivity contribution is 5.79. The van der Waals surface area contributed by atoms with Crippen LogP contribution < -0.4 is 15.4 Å². The summed E-state index contributed by atoms with van der Waals surface area (Å²) in [6.45, 7) is 11.6. The highest BCUT2D eigenvalue weighted by Crippen LogP contribution is 2.13.